The van der Waals surface area contributed by atoms with Crippen LogP contribution in [0.25, 0.3) is 0 Å². The van der Waals surface area contributed by atoms with Crippen LogP contribution in [0, 0.1) is 0 Å². The van der Waals surface area contributed by atoms with Crippen LogP contribution < -0.4 is 24.8 Å². The molecule has 0 atom stereocenters. The van der Waals surface area contributed by atoms with E-state index in [1.165, 1.54) is 0 Å². The summed E-state index contributed by atoms with van der Waals surface area (Å²) < 4.78 is 20.9. The van der Waals surface area contributed by atoms with Crippen molar-refractivity contribution in [1.82, 2.24) is 10.6 Å². The summed E-state index contributed by atoms with van der Waals surface area (Å²) in [6.45, 7) is 1.91. The van der Waals surface area contributed by atoms with Crippen molar-refractivity contribution in [3.63, 3.8) is 0 Å². The van der Waals surface area contributed by atoms with E-state index in [0.717, 1.165) is 6.42 Å². The van der Waals surface area contributed by atoms with Crippen molar-refractivity contribution in [1.29, 1.82) is 0 Å². The number of amides is 2. The molecule has 0 radical (unpaired) electrons. The summed E-state index contributed by atoms with van der Waals surface area (Å²) in [7, 11) is 4.75. The van der Waals surface area contributed by atoms with Gasteiger partial charge in [-0.25, -0.2) is 4.79 Å². The number of nitrogens with one attached hydrogen (secondary N) is 2. The van der Waals surface area contributed by atoms with Gasteiger partial charge in [0.2, 0.25) is 5.75 Å². The van der Waals surface area contributed by atoms with Crippen LogP contribution in [0.4, 0.5) is 4.79 Å². The number of carbonyl (C=O) groups is 1. The lowest BCUT2D eigenvalue weighted by Crippen LogP contribution is -2.38. The Hall–Kier alpha value is -2.15. The SMILES string of the molecule is COCCCNC(=O)NCCOc1cccc(OC)c1OC. The van der Waals surface area contributed by atoms with E-state index in [1.807, 2.05) is 6.07 Å². The average Bonchev–Trinajstić information content (AvgIpc) is 2.55. The highest BCUT2D eigenvalue weighted by molar-refractivity contribution is 5.73. The lowest BCUT2D eigenvalue weighted by molar-refractivity contribution is 0.193. The Kier molecular flexibility index (Phi) is 8.59. The highest BCUT2D eigenvalue weighted by atomic mass is 16.5. The van der Waals surface area contributed by atoms with Gasteiger partial charge >= 0.3 is 6.03 Å². The number of methoxy groups -OCH3 is 3. The molecule has 2 N–H and O–H groups in total. The third-order valence-corrected chi connectivity index (χ3v) is 2.82. The van der Waals surface area contributed by atoms with Crippen LogP contribution in [-0.4, -0.2) is 53.7 Å². The summed E-state index contributed by atoms with van der Waals surface area (Å²) in [5.74, 6) is 1.71. The lowest BCUT2D eigenvalue weighted by Gasteiger charge is -2.13. The first kappa shape index (κ1) is 17.9. The number of para-hydroxylation sites is 1. The highest BCUT2D eigenvalue weighted by Crippen LogP contribution is 2.36. The van der Waals surface area contributed by atoms with Crippen molar-refractivity contribution in [2.75, 3.05) is 47.6 Å². The van der Waals surface area contributed by atoms with Crippen LogP contribution >= 0.6 is 0 Å². The van der Waals surface area contributed by atoms with E-state index >= 15 is 0 Å². The molecule has 0 saturated carbocycles. The van der Waals surface area contributed by atoms with Gasteiger partial charge in [-0.3, -0.25) is 0 Å². The Labute approximate surface area is 130 Å². The van der Waals surface area contributed by atoms with Gasteiger partial charge in [-0.1, -0.05) is 6.07 Å². The molecule has 0 fully saturated rings. The quantitative estimate of drug-likeness (QED) is 0.639. The van der Waals surface area contributed by atoms with Gasteiger partial charge in [-0.05, 0) is 18.6 Å². The zero-order valence-corrected chi connectivity index (χ0v) is 13.3. The van der Waals surface area contributed by atoms with Gasteiger partial charge in [0.25, 0.3) is 0 Å². The molecule has 1 rings (SSSR count). The number of hydrogen-bond donors (Lipinski definition) is 2. The molecule has 0 aliphatic rings. The second-order valence-corrected chi connectivity index (χ2v) is 4.37. The van der Waals surface area contributed by atoms with E-state index in [1.54, 1.807) is 33.5 Å². The molecule has 7 heteroatoms. The monoisotopic (exact) mass is 312 g/mol. The molecular weight excluding hydrogens is 288 g/mol. The molecule has 2 amide bonds. The Bertz CT molecular complexity index is 454. The van der Waals surface area contributed by atoms with Crippen molar-refractivity contribution in [3.8, 4) is 17.2 Å². The van der Waals surface area contributed by atoms with Crippen molar-refractivity contribution < 1.29 is 23.7 Å². The first-order valence-corrected chi connectivity index (χ1v) is 7.07. The molecule has 1 aromatic rings. The fourth-order valence-electron chi connectivity index (χ4n) is 1.78. The van der Waals surface area contributed by atoms with Crippen molar-refractivity contribution in [2.24, 2.45) is 0 Å². The van der Waals surface area contributed by atoms with Crippen LogP contribution in [0.5, 0.6) is 17.2 Å². The molecule has 124 valence electrons. The highest BCUT2D eigenvalue weighted by Gasteiger charge is 2.10. The summed E-state index contributed by atoms with van der Waals surface area (Å²) in [5, 5.41) is 5.43. The first-order chi connectivity index (χ1) is 10.7. The molecule has 1 aromatic carbocycles. The minimum absolute atomic E-state index is 0.225. The molecule has 0 heterocycles. The minimum atomic E-state index is -0.225. The summed E-state index contributed by atoms with van der Waals surface area (Å²) in [4.78, 5) is 11.5. The zero-order valence-electron chi connectivity index (χ0n) is 13.3. The average molecular weight is 312 g/mol. The van der Waals surface area contributed by atoms with Crippen LogP contribution in [0.3, 0.4) is 0 Å². The maximum atomic E-state index is 11.5. The van der Waals surface area contributed by atoms with Gasteiger partial charge in [-0.2, -0.15) is 0 Å². The van der Waals surface area contributed by atoms with Gasteiger partial charge in [0, 0.05) is 20.3 Å². The number of ether oxygens (including phenoxy) is 4. The van der Waals surface area contributed by atoms with Crippen molar-refractivity contribution in [2.45, 2.75) is 6.42 Å². The lowest BCUT2D eigenvalue weighted by atomic mass is 10.3. The smallest absolute Gasteiger partial charge is 0.314 e. The van der Waals surface area contributed by atoms with E-state index in [0.29, 0.717) is 43.6 Å². The predicted octanol–water partition coefficient (Wildman–Crippen LogP) is 1.42. The van der Waals surface area contributed by atoms with Crippen molar-refractivity contribution in [3.05, 3.63) is 18.2 Å². The molecule has 0 spiro atoms. The number of benzene rings is 1. The fraction of sp³-hybridized carbons (Fsp3) is 0.533. The Morgan fingerprint density at radius 1 is 1.00 bits per heavy atom. The largest absolute Gasteiger partial charge is 0.493 e. The third-order valence-electron chi connectivity index (χ3n) is 2.82. The Balaban J connectivity index is 2.28. The van der Waals surface area contributed by atoms with Gasteiger partial charge in [-0.15, -0.1) is 0 Å². The molecule has 0 unspecified atom stereocenters. The molecule has 22 heavy (non-hydrogen) atoms. The molecule has 0 aromatic heterocycles. The molecule has 0 aliphatic heterocycles. The molecule has 0 saturated heterocycles. The third kappa shape index (κ3) is 6.09. The maximum Gasteiger partial charge on any atom is 0.314 e. The molecular formula is C15H24N2O5. The number of carbonyl (C=O) groups excluding carboxylic acids is 1. The van der Waals surface area contributed by atoms with E-state index in [4.69, 9.17) is 18.9 Å². The minimum Gasteiger partial charge on any atom is -0.493 e. The van der Waals surface area contributed by atoms with E-state index in [-0.39, 0.29) is 6.03 Å². The molecule has 7 nitrogen and oxygen atoms in total. The van der Waals surface area contributed by atoms with Crippen LogP contribution in [0.1, 0.15) is 6.42 Å². The Morgan fingerprint density at radius 2 is 1.73 bits per heavy atom. The first-order valence-electron chi connectivity index (χ1n) is 7.07. The van der Waals surface area contributed by atoms with Crippen LogP contribution in [-0.2, 0) is 4.74 Å². The normalized spacial score (nSPS) is 9.95. The second-order valence-electron chi connectivity index (χ2n) is 4.37. The van der Waals surface area contributed by atoms with Gasteiger partial charge in [0.05, 0.1) is 20.8 Å². The zero-order chi connectivity index (χ0) is 16.2. The van der Waals surface area contributed by atoms with E-state index in [9.17, 15) is 4.79 Å². The second kappa shape index (κ2) is 10.6. The number of rotatable bonds is 10. The van der Waals surface area contributed by atoms with Gasteiger partial charge in [0.15, 0.2) is 11.5 Å². The predicted molar refractivity (Wildman–Crippen MR) is 82.9 cm³/mol. The molecule has 0 bridgehead atoms. The number of urea groups is 1. The standard InChI is InChI=1S/C15H24N2O5/c1-19-10-5-8-16-15(18)17-9-11-22-13-7-4-6-12(20-2)14(13)21-3/h4,6-7H,5,8-11H2,1-3H3,(H2,16,17,18). The van der Waals surface area contributed by atoms with Crippen LogP contribution in [0.2, 0.25) is 0 Å². The summed E-state index contributed by atoms with van der Waals surface area (Å²) in [6, 6.07) is 5.16. The summed E-state index contributed by atoms with van der Waals surface area (Å²) in [5.41, 5.74) is 0. The van der Waals surface area contributed by atoms with Gasteiger partial charge in [0.1, 0.15) is 6.61 Å². The number of hydrogen-bond acceptors (Lipinski definition) is 5. The topological polar surface area (TPSA) is 78.1 Å². The van der Waals surface area contributed by atoms with E-state index < -0.39 is 0 Å². The fourth-order valence-corrected chi connectivity index (χ4v) is 1.78. The van der Waals surface area contributed by atoms with Crippen molar-refractivity contribution >= 4 is 6.03 Å². The maximum absolute atomic E-state index is 11.5. The Morgan fingerprint density at radius 3 is 2.41 bits per heavy atom. The van der Waals surface area contributed by atoms with Gasteiger partial charge < -0.3 is 29.6 Å². The summed E-state index contributed by atoms with van der Waals surface area (Å²) in [6.07, 6.45) is 0.779. The molecule has 0 aliphatic carbocycles. The summed E-state index contributed by atoms with van der Waals surface area (Å²) >= 11 is 0. The van der Waals surface area contributed by atoms with Crippen LogP contribution in [0.15, 0.2) is 18.2 Å². The van der Waals surface area contributed by atoms with E-state index in [2.05, 4.69) is 10.6 Å².